The Hall–Kier alpha value is -0.590. The summed E-state index contributed by atoms with van der Waals surface area (Å²) < 4.78 is 0. The van der Waals surface area contributed by atoms with Gasteiger partial charge in [0.25, 0.3) is 0 Å². The summed E-state index contributed by atoms with van der Waals surface area (Å²) in [6.07, 6.45) is 11.4. The lowest BCUT2D eigenvalue weighted by Gasteiger charge is -2.09. The highest BCUT2D eigenvalue weighted by atomic mass is 14.8. The van der Waals surface area contributed by atoms with E-state index in [-0.39, 0.29) is 0 Å². The molecule has 15 heavy (non-hydrogen) atoms. The molecule has 0 radical (unpaired) electrons. The van der Waals surface area contributed by atoms with Gasteiger partial charge in [-0.15, -0.1) is 0 Å². The zero-order valence-corrected chi connectivity index (χ0v) is 10.6. The van der Waals surface area contributed by atoms with Crippen LogP contribution in [-0.4, -0.2) is 11.8 Å². The van der Waals surface area contributed by atoms with Gasteiger partial charge in [-0.3, -0.25) is 4.99 Å². The molecule has 0 aromatic heterocycles. The first-order valence-electron chi connectivity index (χ1n) is 6.35. The molecule has 0 N–H and O–H groups in total. The van der Waals surface area contributed by atoms with Crippen molar-refractivity contribution in [2.45, 2.75) is 71.8 Å². The first-order valence-corrected chi connectivity index (χ1v) is 6.35. The van der Waals surface area contributed by atoms with Crippen LogP contribution in [0.4, 0.5) is 0 Å². The van der Waals surface area contributed by atoms with Crippen LogP contribution in [0.15, 0.2) is 16.6 Å². The van der Waals surface area contributed by atoms with E-state index >= 15 is 0 Å². The number of hydrogen-bond donors (Lipinski definition) is 0. The van der Waals surface area contributed by atoms with Crippen LogP contribution in [0.25, 0.3) is 0 Å². The summed E-state index contributed by atoms with van der Waals surface area (Å²) in [5.74, 6) is 0. The van der Waals surface area contributed by atoms with Crippen LogP contribution in [0.1, 0.15) is 65.7 Å². The minimum Gasteiger partial charge on any atom is -0.291 e. The zero-order valence-electron chi connectivity index (χ0n) is 10.6. The molecule has 0 fully saturated rings. The Morgan fingerprint density at radius 2 is 2.20 bits per heavy atom. The highest BCUT2D eigenvalue weighted by Gasteiger charge is 2.10. The Bertz CT molecular complexity index is 234. The molecule has 0 bridgehead atoms. The van der Waals surface area contributed by atoms with Crippen LogP contribution in [0.2, 0.25) is 0 Å². The van der Waals surface area contributed by atoms with Crippen LogP contribution >= 0.6 is 0 Å². The minimum absolute atomic E-state index is 0.623. The molecular formula is C14H25N. The van der Waals surface area contributed by atoms with Gasteiger partial charge in [0.2, 0.25) is 0 Å². The van der Waals surface area contributed by atoms with Gasteiger partial charge in [-0.05, 0) is 59.3 Å². The molecule has 1 aliphatic rings. The van der Waals surface area contributed by atoms with E-state index in [9.17, 15) is 0 Å². The average molecular weight is 207 g/mol. The summed E-state index contributed by atoms with van der Waals surface area (Å²) in [4.78, 5) is 4.79. The monoisotopic (exact) mass is 207 g/mol. The Morgan fingerprint density at radius 3 is 2.93 bits per heavy atom. The van der Waals surface area contributed by atoms with Crippen molar-refractivity contribution in [3.63, 3.8) is 0 Å². The Morgan fingerprint density at radius 1 is 1.40 bits per heavy atom. The Balaban J connectivity index is 2.25. The van der Waals surface area contributed by atoms with Crippen LogP contribution in [-0.2, 0) is 0 Å². The molecule has 1 aliphatic heterocycles. The third-order valence-corrected chi connectivity index (χ3v) is 3.02. The molecule has 1 atom stereocenters. The molecule has 0 amide bonds. The third-order valence-electron chi connectivity index (χ3n) is 3.02. The van der Waals surface area contributed by atoms with E-state index in [4.69, 9.17) is 4.99 Å². The molecule has 1 heterocycles. The predicted octanol–water partition coefficient (Wildman–Crippen LogP) is 4.53. The van der Waals surface area contributed by atoms with E-state index < -0.39 is 0 Å². The lowest BCUT2D eigenvalue weighted by molar-refractivity contribution is 0.537. The molecule has 86 valence electrons. The van der Waals surface area contributed by atoms with E-state index in [1.165, 1.54) is 56.2 Å². The number of unbranched alkanes of at least 4 members (excludes halogenated alkanes) is 1. The Labute approximate surface area is 94.7 Å². The van der Waals surface area contributed by atoms with Gasteiger partial charge in [0.1, 0.15) is 0 Å². The number of rotatable bonds is 4. The first-order chi connectivity index (χ1) is 7.18. The van der Waals surface area contributed by atoms with Gasteiger partial charge in [0.05, 0.1) is 0 Å². The lowest BCUT2D eigenvalue weighted by Crippen LogP contribution is -2.04. The van der Waals surface area contributed by atoms with Crippen LogP contribution in [0, 0.1) is 0 Å². The van der Waals surface area contributed by atoms with Gasteiger partial charge in [0, 0.05) is 11.8 Å². The van der Waals surface area contributed by atoms with Crippen LogP contribution in [0.5, 0.6) is 0 Å². The number of allylic oxidation sites excluding steroid dienone is 2. The molecule has 0 aromatic rings. The van der Waals surface area contributed by atoms with Gasteiger partial charge in [-0.2, -0.15) is 0 Å². The maximum absolute atomic E-state index is 4.79. The summed E-state index contributed by atoms with van der Waals surface area (Å²) >= 11 is 0. The van der Waals surface area contributed by atoms with Crippen molar-refractivity contribution < 1.29 is 0 Å². The minimum atomic E-state index is 0.623. The fourth-order valence-corrected chi connectivity index (χ4v) is 2.15. The predicted molar refractivity (Wildman–Crippen MR) is 68.6 cm³/mol. The molecule has 1 rings (SSSR count). The normalized spacial score (nSPS) is 21.8. The summed E-state index contributed by atoms with van der Waals surface area (Å²) in [5.41, 5.74) is 2.82. The van der Waals surface area contributed by atoms with Crippen molar-refractivity contribution in [3.05, 3.63) is 11.6 Å². The molecule has 1 nitrogen and oxygen atoms in total. The molecule has 1 heteroatoms. The molecule has 0 saturated carbocycles. The number of aliphatic imine (C=N–C) groups is 1. The summed E-state index contributed by atoms with van der Waals surface area (Å²) in [7, 11) is 0. The molecular weight excluding hydrogens is 182 g/mol. The Kier molecular flexibility index (Phi) is 5.67. The fraction of sp³-hybridized carbons (Fsp3) is 0.786. The zero-order chi connectivity index (χ0) is 11.1. The lowest BCUT2D eigenvalue weighted by atomic mass is 10.0. The van der Waals surface area contributed by atoms with Crippen molar-refractivity contribution in [1.29, 1.82) is 0 Å². The van der Waals surface area contributed by atoms with Crippen molar-refractivity contribution in [1.82, 2.24) is 0 Å². The highest BCUT2D eigenvalue weighted by molar-refractivity contribution is 5.82. The molecule has 0 unspecified atom stereocenters. The summed E-state index contributed by atoms with van der Waals surface area (Å²) in [6, 6.07) is 0.623. The van der Waals surface area contributed by atoms with E-state index in [0.29, 0.717) is 6.04 Å². The smallest absolute Gasteiger partial charge is 0.0499 e. The second-order valence-corrected chi connectivity index (χ2v) is 4.98. The summed E-state index contributed by atoms with van der Waals surface area (Å²) in [6.45, 7) is 6.54. The second-order valence-electron chi connectivity index (χ2n) is 4.98. The van der Waals surface area contributed by atoms with E-state index in [1.54, 1.807) is 0 Å². The van der Waals surface area contributed by atoms with E-state index in [0.717, 1.165) is 0 Å². The van der Waals surface area contributed by atoms with Gasteiger partial charge in [-0.25, -0.2) is 0 Å². The van der Waals surface area contributed by atoms with Gasteiger partial charge >= 0.3 is 0 Å². The van der Waals surface area contributed by atoms with Crippen molar-refractivity contribution in [3.8, 4) is 0 Å². The number of nitrogens with zero attached hydrogens (tertiary/aromatic N) is 1. The first kappa shape index (κ1) is 12.5. The standard InChI is InChI=1S/C14H25N/c1-12(2)8-4-6-10-14-11-7-5-9-13(3)15-14/h8,14H,4-7,9-11H2,1-3H3/t14-/m0/s1. The quantitative estimate of drug-likeness (QED) is 0.474. The molecule has 0 aromatic carbocycles. The van der Waals surface area contributed by atoms with Crippen LogP contribution < -0.4 is 0 Å². The SMILES string of the molecule is CC(C)=CCCC[C@H]1CCCCC(C)=N1. The topological polar surface area (TPSA) is 12.4 Å². The van der Waals surface area contributed by atoms with Crippen molar-refractivity contribution >= 4 is 5.71 Å². The molecule has 0 spiro atoms. The van der Waals surface area contributed by atoms with Gasteiger partial charge in [-0.1, -0.05) is 18.1 Å². The summed E-state index contributed by atoms with van der Waals surface area (Å²) in [5, 5.41) is 0. The molecule has 0 aliphatic carbocycles. The average Bonchev–Trinajstić information content (AvgIpc) is 2.37. The third kappa shape index (κ3) is 5.76. The highest BCUT2D eigenvalue weighted by Crippen LogP contribution is 2.18. The van der Waals surface area contributed by atoms with E-state index in [2.05, 4.69) is 26.8 Å². The maximum atomic E-state index is 4.79. The van der Waals surface area contributed by atoms with Crippen LogP contribution in [0.3, 0.4) is 0 Å². The van der Waals surface area contributed by atoms with Crippen molar-refractivity contribution in [2.75, 3.05) is 0 Å². The van der Waals surface area contributed by atoms with Gasteiger partial charge in [0.15, 0.2) is 0 Å². The van der Waals surface area contributed by atoms with E-state index in [1.807, 2.05) is 0 Å². The van der Waals surface area contributed by atoms with Gasteiger partial charge < -0.3 is 0 Å². The molecule has 0 saturated heterocycles. The fourth-order valence-electron chi connectivity index (χ4n) is 2.15. The maximum Gasteiger partial charge on any atom is 0.0499 e. The van der Waals surface area contributed by atoms with Crippen molar-refractivity contribution in [2.24, 2.45) is 4.99 Å². The number of hydrogen-bond acceptors (Lipinski definition) is 1. The largest absolute Gasteiger partial charge is 0.291 e. The second kappa shape index (κ2) is 6.81.